The van der Waals surface area contributed by atoms with Crippen LogP contribution < -0.4 is 0 Å². The summed E-state index contributed by atoms with van der Waals surface area (Å²) in [5.74, 6) is 0. The Balaban J connectivity index is -0.0000000186. The molecule has 148 valence electrons. The second-order valence-corrected chi connectivity index (χ2v) is 5.32. The molecule has 0 fully saturated rings. The van der Waals surface area contributed by atoms with E-state index in [0.717, 1.165) is 0 Å². The third-order valence-electron chi connectivity index (χ3n) is 0.612. The minimum atomic E-state index is 0. The van der Waals surface area contributed by atoms with Crippen molar-refractivity contribution in [1.82, 2.24) is 0 Å². The van der Waals surface area contributed by atoms with Crippen LogP contribution in [0, 0.1) is 5.41 Å². The van der Waals surface area contributed by atoms with Gasteiger partial charge in [0.15, 0.2) is 0 Å². The molecule has 0 saturated carbocycles. The van der Waals surface area contributed by atoms with E-state index in [9.17, 15) is 0 Å². The molecule has 0 N–H and O–H groups in total. The number of hydrogen-bond acceptors (Lipinski definition) is 1. The lowest BCUT2D eigenvalue weighted by Crippen LogP contribution is -2.15. The van der Waals surface area contributed by atoms with Crippen LogP contribution in [-0.4, -0.2) is 12.7 Å². The molecule has 1 heteroatoms. The predicted molar refractivity (Wildman–Crippen MR) is 115 cm³/mol. The van der Waals surface area contributed by atoms with Crippen molar-refractivity contribution in [2.24, 2.45) is 5.41 Å². The van der Waals surface area contributed by atoms with Gasteiger partial charge >= 0.3 is 0 Å². The Labute approximate surface area is 148 Å². The molecule has 0 rings (SSSR count). The molecule has 0 radical (unpaired) electrons. The van der Waals surface area contributed by atoms with Crippen LogP contribution in [0.5, 0.6) is 0 Å². The van der Waals surface area contributed by atoms with Crippen LogP contribution in [-0.2, 0) is 4.74 Å². The van der Waals surface area contributed by atoms with Crippen molar-refractivity contribution in [1.29, 1.82) is 0 Å². The van der Waals surface area contributed by atoms with Crippen molar-refractivity contribution >= 4 is 0 Å². The first-order valence-electron chi connectivity index (χ1n) is 9.11. The highest BCUT2D eigenvalue weighted by Crippen LogP contribution is 2.08. The van der Waals surface area contributed by atoms with E-state index in [1.54, 1.807) is 7.11 Å². The minimum Gasteiger partial charge on any atom is -0.379 e. The summed E-state index contributed by atoms with van der Waals surface area (Å²) in [5.41, 5.74) is 0.542. The molecular weight excluding hydrogens is 268 g/mol. The smallest absolute Gasteiger partial charge is 0.0594 e. The Morgan fingerprint density at radius 3 is 0.500 bits per heavy atom. The molecule has 0 saturated heterocycles. The van der Waals surface area contributed by atoms with E-state index in [1.165, 1.54) is 0 Å². The monoisotopic (exact) mass is 326 g/mol. The molecule has 0 aromatic carbocycles. The van der Waals surface area contributed by atoms with Gasteiger partial charge in [-0.1, -0.05) is 104 Å². The topological polar surface area (TPSA) is 9.23 Å². The average Bonchev–Trinajstić information content (AvgIpc) is 2.47. The zero-order chi connectivity index (χ0) is 19.7. The lowest BCUT2D eigenvalue weighted by atomic mass is 10.0. The molecule has 0 spiro atoms. The Morgan fingerprint density at radius 2 is 0.500 bits per heavy atom. The van der Waals surface area contributed by atoms with Crippen molar-refractivity contribution in [2.45, 2.75) is 131 Å². The summed E-state index contributed by atoms with van der Waals surface area (Å²) >= 11 is 0. The Morgan fingerprint density at radius 1 is 0.455 bits per heavy atom. The van der Waals surface area contributed by atoms with Crippen LogP contribution in [0.3, 0.4) is 0 Å². The van der Waals surface area contributed by atoms with Crippen molar-refractivity contribution in [3.8, 4) is 0 Å². The highest BCUT2D eigenvalue weighted by atomic mass is 16.5. The van der Waals surface area contributed by atoms with E-state index in [1.807, 2.05) is 90.0 Å². The molecule has 22 heavy (non-hydrogen) atoms. The van der Waals surface area contributed by atoms with Crippen LogP contribution in [0.15, 0.2) is 0 Å². The minimum absolute atomic E-state index is 0. The Hall–Kier alpha value is -0.0400. The first-order valence-corrected chi connectivity index (χ1v) is 9.11. The average molecular weight is 327 g/mol. The second-order valence-electron chi connectivity index (χ2n) is 5.32. The van der Waals surface area contributed by atoms with E-state index in [0.29, 0.717) is 5.41 Å². The molecule has 0 aromatic heterocycles. The number of rotatable bonds is 0. The molecule has 0 unspecified atom stereocenters. The quantitative estimate of drug-likeness (QED) is 0.431. The molecule has 1 nitrogen and oxygen atoms in total. The van der Waals surface area contributed by atoms with Gasteiger partial charge in [-0.3, -0.25) is 0 Å². The first-order chi connectivity index (χ1) is 9.56. The van der Waals surface area contributed by atoms with Gasteiger partial charge in [0, 0.05) is 7.11 Å². The van der Waals surface area contributed by atoms with Gasteiger partial charge in [-0.05, 0) is 26.2 Å². The van der Waals surface area contributed by atoms with Gasteiger partial charge < -0.3 is 4.74 Å². The van der Waals surface area contributed by atoms with Crippen LogP contribution in [0.1, 0.15) is 125 Å². The van der Waals surface area contributed by atoms with Crippen molar-refractivity contribution in [3.63, 3.8) is 0 Å². The zero-order valence-electron chi connectivity index (χ0n) is 19.4. The predicted octanol–water partition coefficient (Wildman–Crippen LogP) is 9.25. The summed E-state index contributed by atoms with van der Waals surface area (Å²) in [6.07, 6.45) is 0. The fourth-order valence-corrected chi connectivity index (χ4v) is 0. The normalized spacial score (nSPS) is 7.36. The molecular formula is C21H58O. The van der Waals surface area contributed by atoms with E-state index < -0.39 is 0 Å². The summed E-state index contributed by atoms with van der Waals surface area (Å²) in [6, 6.07) is 0. The lowest BCUT2D eigenvalue weighted by molar-refractivity contribution is 0.0397. The first kappa shape index (κ1) is 49.5. The van der Waals surface area contributed by atoms with E-state index in [-0.39, 0.29) is 13.0 Å². The van der Waals surface area contributed by atoms with Crippen molar-refractivity contribution in [3.05, 3.63) is 0 Å². The van der Waals surface area contributed by atoms with Crippen molar-refractivity contribution in [2.75, 3.05) is 7.11 Å². The summed E-state index contributed by atoms with van der Waals surface area (Å²) in [7, 11) is 1.71. The third-order valence-corrected chi connectivity index (χ3v) is 0.612. The molecule has 0 aliphatic rings. The van der Waals surface area contributed by atoms with Gasteiger partial charge in [0.25, 0.3) is 0 Å². The number of methoxy groups -OCH3 is 1. The van der Waals surface area contributed by atoms with Gasteiger partial charge in [0.1, 0.15) is 0 Å². The summed E-state index contributed by atoms with van der Waals surface area (Å²) < 4.78 is 4.94. The number of hydrogen-bond donors (Lipinski definition) is 0. The molecule has 0 aliphatic carbocycles. The highest BCUT2D eigenvalue weighted by molar-refractivity contribution is 4.55. The summed E-state index contributed by atoms with van der Waals surface area (Å²) in [4.78, 5) is 0. The second kappa shape index (κ2) is 49.7. The van der Waals surface area contributed by atoms with E-state index >= 15 is 0 Å². The van der Waals surface area contributed by atoms with Crippen LogP contribution in [0.4, 0.5) is 0 Å². The van der Waals surface area contributed by atoms with Gasteiger partial charge in [-0.25, -0.2) is 0 Å². The maximum absolute atomic E-state index is 4.94. The van der Waals surface area contributed by atoms with Crippen LogP contribution in [0.25, 0.3) is 0 Å². The molecule has 0 aliphatic heterocycles. The van der Waals surface area contributed by atoms with E-state index in [2.05, 4.69) is 27.7 Å². The maximum atomic E-state index is 4.94. The van der Waals surface area contributed by atoms with Crippen molar-refractivity contribution < 1.29 is 4.74 Å². The fraction of sp³-hybridized carbons (Fsp3) is 1.00. The lowest BCUT2D eigenvalue weighted by Gasteiger charge is -2.14. The van der Waals surface area contributed by atoms with Crippen LogP contribution in [0.2, 0.25) is 0 Å². The molecule has 0 bridgehead atoms. The standard InChI is InChI=1S/C5H12O.C5H12.5C2H6.CH4/c1-5(2,3)6-4;1-5(2,3)4;5*1-2;/h1-4H3;1-4H3;5*1-2H3;1H4. The Kier molecular flexibility index (Phi) is 112. The zero-order valence-corrected chi connectivity index (χ0v) is 19.4. The molecule has 0 atom stereocenters. The SMILES string of the molecule is C.CC.CC.CC.CC.CC.CC(C)(C)C.COC(C)(C)C. The van der Waals surface area contributed by atoms with Gasteiger partial charge in [-0.15, -0.1) is 0 Å². The highest BCUT2D eigenvalue weighted by Gasteiger charge is 2.04. The molecule has 0 amide bonds. The molecule has 0 aromatic rings. The maximum Gasteiger partial charge on any atom is 0.0594 e. The third kappa shape index (κ3) is 819. The largest absolute Gasteiger partial charge is 0.379 e. The van der Waals surface area contributed by atoms with Gasteiger partial charge in [0.2, 0.25) is 0 Å². The summed E-state index contributed by atoms with van der Waals surface area (Å²) in [5, 5.41) is 0. The van der Waals surface area contributed by atoms with E-state index in [4.69, 9.17) is 4.74 Å². The van der Waals surface area contributed by atoms with Crippen LogP contribution >= 0.6 is 0 Å². The molecule has 0 heterocycles. The van der Waals surface area contributed by atoms with Gasteiger partial charge in [0.05, 0.1) is 5.60 Å². The number of ether oxygens (including phenoxy) is 1. The fourth-order valence-electron chi connectivity index (χ4n) is 0. The summed E-state index contributed by atoms with van der Waals surface area (Å²) in [6.45, 7) is 34.8. The Bertz CT molecular complexity index is 77.1. The van der Waals surface area contributed by atoms with Gasteiger partial charge in [-0.2, -0.15) is 0 Å².